The highest BCUT2D eigenvalue weighted by Crippen LogP contribution is 2.52. The third kappa shape index (κ3) is 4.06. The van der Waals surface area contributed by atoms with Gasteiger partial charge in [0.05, 0.1) is 12.7 Å². The fourth-order valence-electron chi connectivity index (χ4n) is 5.67. The van der Waals surface area contributed by atoms with Gasteiger partial charge in [0.1, 0.15) is 17.5 Å². The minimum atomic E-state index is -0.857. The predicted octanol–water partition coefficient (Wildman–Crippen LogP) is 3.60. The summed E-state index contributed by atoms with van der Waals surface area (Å²) in [5.41, 5.74) is 2.23. The third-order valence-electron chi connectivity index (χ3n) is 7.43. The van der Waals surface area contributed by atoms with Gasteiger partial charge in [-0.1, -0.05) is 56.3 Å². The summed E-state index contributed by atoms with van der Waals surface area (Å²) in [6.45, 7) is 7.42. The molecule has 0 radical (unpaired) electrons. The van der Waals surface area contributed by atoms with E-state index in [4.69, 9.17) is 9.47 Å². The van der Waals surface area contributed by atoms with Crippen LogP contribution in [-0.2, 0) is 20.7 Å². The summed E-state index contributed by atoms with van der Waals surface area (Å²) in [4.78, 5) is 15.8. The van der Waals surface area contributed by atoms with Gasteiger partial charge >= 0.3 is 5.90 Å². The number of carbonyl (C=O) groups is 1. The van der Waals surface area contributed by atoms with Crippen LogP contribution in [0.2, 0.25) is 0 Å². The summed E-state index contributed by atoms with van der Waals surface area (Å²) in [5.74, 6) is 0.0461. The molecular weight excluding hydrogens is 457 g/mol. The van der Waals surface area contributed by atoms with Crippen molar-refractivity contribution in [3.05, 3.63) is 89.3 Å². The summed E-state index contributed by atoms with van der Waals surface area (Å²) in [6.07, 6.45) is 4.20. The topological polar surface area (TPSA) is 53.8 Å². The van der Waals surface area contributed by atoms with Crippen LogP contribution in [0.15, 0.2) is 77.9 Å². The average molecular weight is 491 g/mol. The van der Waals surface area contributed by atoms with Crippen molar-refractivity contribution in [2.45, 2.75) is 38.0 Å². The number of ether oxygens (including phenoxy) is 2. The van der Waals surface area contributed by atoms with E-state index in [0.29, 0.717) is 30.1 Å². The molecule has 2 bridgehead atoms. The largest absolute Gasteiger partial charge is 0.447 e. The number of nitrogens with one attached hydrogen (secondary N) is 1. The van der Waals surface area contributed by atoms with E-state index in [1.165, 1.54) is 12.1 Å². The molecule has 2 aromatic carbocycles. The van der Waals surface area contributed by atoms with E-state index >= 15 is 0 Å². The molecule has 3 unspecified atom stereocenters. The van der Waals surface area contributed by atoms with Gasteiger partial charge in [-0.05, 0) is 30.8 Å². The molecule has 0 saturated carbocycles. The van der Waals surface area contributed by atoms with Crippen LogP contribution in [0.1, 0.15) is 19.4 Å². The minimum Gasteiger partial charge on any atom is -0.447 e. The van der Waals surface area contributed by atoms with Gasteiger partial charge in [-0.3, -0.25) is 4.79 Å². The smallest absolute Gasteiger partial charge is 0.375 e. The Bertz CT molecular complexity index is 1240. The van der Waals surface area contributed by atoms with Crippen molar-refractivity contribution in [2.75, 3.05) is 33.3 Å². The molecule has 2 aromatic rings. The Morgan fingerprint density at radius 3 is 2.64 bits per heavy atom. The Labute approximate surface area is 211 Å². The minimum absolute atomic E-state index is 0.150. The highest BCUT2D eigenvalue weighted by atomic mass is 19.1. The second kappa shape index (κ2) is 9.99. The molecule has 0 aliphatic carbocycles. The van der Waals surface area contributed by atoms with Crippen molar-refractivity contribution in [3.63, 3.8) is 0 Å². The average Bonchev–Trinajstić information content (AvgIpc) is 3.54. The number of fused-ring (bicyclic) bond motifs is 1. The van der Waals surface area contributed by atoms with Crippen LogP contribution in [0.25, 0.3) is 0 Å². The molecule has 36 heavy (non-hydrogen) atoms. The van der Waals surface area contributed by atoms with Crippen LogP contribution in [0, 0.1) is 5.82 Å². The van der Waals surface area contributed by atoms with Gasteiger partial charge in [0, 0.05) is 31.6 Å². The maximum absolute atomic E-state index is 14.3. The highest BCUT2D eigenvalue weighted by Gasteiger charge is 2.68. The third-order valence-corrected chi connectivity index (χ3v) is 7.43. The summed E-state index contributed by atoms with van der Waals surface area (Å²) < 4.78 is 28.9. The number of amides is 1. The van der Waals surface area contributed by atoms with Crippen LogP contribution in [-0.4, -0.2) is 72.3 Å². The Hall–Kier alpha value is -3.29. The van der Waals surface area contributed by atoms with Gasteiger partial charge in [0.2, 0.25) is 11.7 Å². The second-order valence-corrected chi connectivity index (χ2v) is 9.33. The van der Waals surface area contributed by atoms with Crippen molar-refractivity contribution in [3.8, 4) is 0 Å². The van der Waals surface area contributed by atoms with Crippen molar-refractivity contribution in [2.24, 2.45) is 0 Å². The fraction of sp³-hybridized carbons (Fsp3) is 0.379. The quantitative estimate of drug-likeness (QED) is 0.431. The van der Waals surface area contributed by atoms with Crippen molar-refractivity contribution >= 4 is 17.5 Å². The highest BCUT2D eigenvalue weighted by molar-refractivity contribution is 6.08. The lowest BCUT2D eigenvalue weighted by Gasteiger charge is -2.24. The number of benzene rings is 2. The van der Waals surface area contributed by atoms with Crippen LogP contribution in [0.4, 0.5) is 10.1 Å². The van der Waals surface area contributed by atoms with Crippen molar-refractivity contribution < 1.29 is 23.2 Å². The Morgan fingerprint density at radius 2 is 1.94 bits per heavy atom. The van der Waals surface area contributed by atoms with Crippen molar-refractivity contribution in [1.29, 1.82) is 0 Å². The molecule has 7 heteroatoms. The summed E-state index contributed by atoms with van der Waals surface area (Å²) >= 11 is 0. The summed E-state index contributed by atoms with van der Waals surface area (Å²) in [7, 11) is 1.60. The molecule has 3 aliphatic heterocycles. The van der Waals surface area contributed by atoms with E-state index in [2.05, 4.69) is 36.2 Å². The summed E-state index contributed by atoms with van der Waals surface area (Å²) in [6, 6.07) is 16.3. The van der Waals surface area contributed by atoms with E-state index < -0.39 is 11.7 Å². The van der Waals surface area contributed by atoms with Gasteiger partial charge in [-0.25, -0.2) is 4.39 Å². The molecule has 3 heterocycles. The van der Waals surface area contributed by atoms with Gasteiger partial charge in [0.15, 0.2) is 5.60 Å². The first kappa shape index (κ1) is 24.4. The lowest BCUT2D eigenvalue weighted by Crippen LogP contribution is -2.43. The Morgan fingerprint density at radius 1 is 1.17 bits per heavy atom. The number of methoxy groups -OCH3 is 1. The molecule has 3 atom stereocenters. The predicted molar refractivity (Wildman–Crippen MR) is 137 cm³/mol. The first-order valence-corrected chi connectivity index (χ1v) is 12.6. The number of nitrogens with zero attached hydrogens (tertiary/aromatic N) is 2. The molecule has 0 aromatic heterocycles. The standard InChI is InChI=1S/C29H32FN3O3/c1-4-32(5-2)17-16-31-27(34)25-23-14-15-29(36-23)24(18-20-10-7-6-8-11-20)33(28(35-3)26(25)29)22-13-9-12-21(30)19-22/h6-15,19,23-24H,4-5,16-18H2,1-3H3/p+1. The molecule has 0 fully saturated rings. The first-order chi connectivity index (χ1) is 17.5. The number of hydrogen-bond donors (Lipinski definition) is 1. The first-order valence-electron chi connectivity index (χ1n) is 12.6. The van der Waals surface area contributed by atoms with E-state index in [1.54, 1.807) is 13.2 Å². The van der Waals surface area contributed by atoms with E-state index in [1.807, 2.05) is 41.0 Å². The Balaban J connectivity index is 1.58. The lowest BCUT2D eigenvalue weighted by atomic mass is 9.81. The zero-order valence-electron chi connectivity index (χ0n) is 21.0. The van der Waals surface area contributed by atoms with Crippen molar-refractivity contribution in [1.82, 2.24) is 10.2 Å². The SMILES string of the molecule is CCN(CC)CCNC(=O)C1=C2C(OC)=[N+](c3cccc(F)c3)C(Cc3ccccc3)C23C=CC1O3. The molecule has 1 spiro atoms. The number of carbonyl (C=O) groups excluding carboxylic acids is 1. The van der Waals surface area contributed by atoms with Gasteiger partial charge in [-0.15, -0.1) is 0 Å². The zero-order valence-corrected chi connectivity index (χ0v) is 21.0. The normalized spacial score (nSPS) is 24.1. The summed E-state index contributed by atoms with van der Waals surface area (Å²) in [5, 5.41) is 3.09. The monoisotopic (exact) mass is 490 g/mol. The Kier molecular flexibility index (Phi) is 6.77. The van der Waals surface area contributed by atoms with Gasteiger partial charge in [0.25, 0.3) is 5.91 Å². The molecule has 6 nitrogen and oxygen atoms in total. The molecule has 188 valence electrons. The van der Waals surface area contributed by atoms with Crippen LogP contribution in [0.5, 0.6) is 0 Å². The van der Waals surface area contributed by atoms with Crippen LogP contribution in [0.3, 0.4) is 0 Å². The van der Waals surface area contributed by atoms with Crippen LogP contribution >= 0.6 is 0 Å². The van der Waals surface area contributed by atoms with E-state index in [9.17, 15) is 9.18 Å². The fourth-order valence-corrected chi connectivity index (χ4v) is 5.67. The van der Waals surface area contributed by atoms with Crippen LogP contribution < -0.4 is 5.32 Å². The zero-order chi connectivity index (χ0) is 25.3. The lowest BCUT2D eigenvalue weighted by molar-refractivity contribution is -0.499. The molecule has 1 amide bonds. The second-order valence-electron chi connectivity index (χ2n) is 9.33. The van der Waals surface area contributed by atoms with E-state index in [0.717, 1.165) is 30.8 Å². The molecule has 3 aliphatic rings. The van der Waals surface area contributed by atoms with Gasteiger partial charge in [-0.2, -0.15) is 4.58 Å². The maximum Gasteiger partial charge on any atom is 0.375 e. The number of rotatable bonds is 9. The molecule has 5 rings (SSSR count). The number of halogens is 1. The molecule has 1 N–H and O–H groups in total. The molecule has 0 saturated heterocycles. The van der Waals surface area contributed by atoms with E-state index in [-0.39, 0.29) is 17.8 Å². The van der Waals surface area contributed by atoms with Gasteiger partial charge < -0.3 is 19.7 Å². The molecular formula is C29H33FN3O3+. The number of hydrogen-bond acceptors (Lipinski definition) is 4. The maximum atomic E-state index is 14.3. The number of likely N-dealkylation sites (N-methyl/N-ethyl adjacent to an activating group) is 1.